The van der Waals surface area contributed by atoms with Crippen molar-refractivity contribution in [3.8, 4) is 0 Å². The zero-order valence-corrected chi connectivity index (χ0v) is 11.2. The van der Waals surface area contributed by atoms with Crippen molar-refractivity contribution in [1.82, 2.24) is 4.90 Å². The molecule has 1 heterocycles. The summed E-state index contributed by atoms with van der Waals surface area (Å²) in [5.74, 6) is -1.80. The summed E-state index contributed by atoms with van der Waals surface area (Å²) in [6.45, 7) is 1.85. The molecule has 114 valence electrons. The Kier molecular flexibility index (Phi) is 4.81. The van der Waals surface area contributed by atoms with Crippen molar-refractivity contribution in [3.05, 3.63) is 39.7 Å². The summed E-state index contributed by atoms with van der Waals surface area (Å²) in [6, 6.07) is 3.78. The molecule has 21 heavy (non-hydrogen) atoms. The number of carboxylic acids is 1. The van der Waals surface area contributed by atoms with Crippen LogP contribution in [-0.2, 0) is 16.1 Å². The average Bonchev–Trinajstić information content (AvgIpc) is 2.37. The molecule has 0 spiro atoms. The van der Waals surface area contributed by atoms with Gasteiger partial charge in [0.1, 0.15) is 0 Å². The van der Waals surface area contributed by atoms with Gasteiger partial charge in [-0.15, -0.1) is 0 Å². The quantitative estimate of drug-likeness (QED) is 0.652. The number of halogens is 1. The summed E-state index contributed by atoms with van der Waals surface area (Å²) in [5.41, 5.74) is 0.0542. The van der Waals surface area contributed by atoms with Gasteiger partial charge >= 0.3 is 11.7 Å². The molecule has 7 nitrogen and oxygen atoms in total. The molecule has 0 saturated carbocycles. The van der Waals surface area contributed by atoms with E-state index in [1.807, 2.05) is 4.90 Å². The first kappa shape index (κ1) is 15.3. The topological polar surface area (TPSA) is 92.9 Å². The Labute approximate surface area is 120 Å². The number of nitro groups is 1. The maximum absolute atomic E-state index is 13.5. The second-order valence-corrected chi connectivity index (χ2v) is 4.87. The summed E-state index contributed by atoms with van der Waals surface area (Å²) in [7, 11) is 0. The lowest BCUT2D eigenvalue weighted by atomic mass is 10.1. The van der Waals surface area contributed by atoms with Crippen molar-refractivity contribution >= 4 is 11.7 Å². The molecule has 0 aromatic heterocycles. The van der Waals surface area contributed by atoms with E-state index < -0.39 is 22.4 Å². The van der Waals surface area contributed by atoms with E-state index in [0.717, 1.165) is 12.1 Å². The number of carboxylic acid groups (broad SMARTS) is 1. The lowest BCUT2D eigenvalue weighted by Crippen LogP contribution is -2.42. The first-order valence-corrected chi connectivity index (χ1v) is 6.44. The minimum atomic E-state index is -0.928. The molecule has 1 N–H and O–H groups in total. The largest absolute Gasteiger partial charge is 0.481 e. The zero-order valence-electron chi connectivity index (χ0n) is 11.2. The first-order valence-electron chi connectivity index (χ1n) is 6.44. The van der Waals surface area contributed by atoms with Gasteiger partial charge in [0.25, 0.3) is 0 Å². The molecule has 1 aliphatic rings. The smallest absolute Gasteiger partial charge is 0.306 e. The van der Waals surface area contributed by atoms with Gasteiger partial charge in [-0.25, -0.2) is 0 Å². The van der Waals surface area contributed by atoms with Crippen LogP contribution in [0.5, 0.6) is 0 Å². The maximum Gasteiger partial charge on any atom is 0.306 e. The Morgan fingerprint density at radius 2 is 2.33 bits per heavy atom. The highest BCUT2D eigenvalue weighted by Crippen LogP contribution is 2.20. The third-order valence-corrected chi connectivity index (χ3v) is 3.24. The lowest BCUT2D eigenvalue weighted by Gasteiger charge is -2.32. The van der Waals surface area contributed by atoms with E-state index in [-0.39, 0.29) is 12.5 Å². The van der Waals surface area contributed by atoms with Gasteiger partial charge in [0.2, 0.25) is 5.82 Å². The number of hydrogen-bond donors (Lipinski definition) is 1. The predicted octanol–water partition coefficient (Wildman–Crippen LogP) is 1.41. The van der Waals surface area contributed by atoms with Crippen molar-refractivity contribution < 1.29 is 24.0 Å². The number of morpholine rings is 1. The van der Waals surface area contributed by atoms with Gasteiger partial charge in [-0.1, -0.05) is 6.07 Å². The number of carbonyl (C=O) groups is 1. The van der Waals surface area contributed by atoms with Crippen molar-refractivity contribution in [3.63, 3.8) is 0 Å². The van der Waals surface area contributed by atoms with E-state index >= 15 is 0 Å². The fourth-order valence-corrected chi connectivity index (χ4v) is 2.30. The third-order valence-electron chi connectivity index (χ3n) is 3.24. The van der Waals surface area contributed by atoms with Crippen LogP contribution in [0.25, 0.3) is 0 Å². The van der Waals surface area contributed by atoms with E-state index in [1.165, 1.54) is 6.07 Å². The Morgan fingerprint density at radius 3 is 2.95 bits per heavy atom. The molecular formula is C13H15FN2O5. The highest BCUT2D eigenvalue weighted by Gasteiger charge is 2.23. The molecule has 1 saturated heterocycles. The van der Waals surface area contributed by atoms with Gasteiger partial charge in [0.15, 0.2) is 0 Å². The summed E-state index contributed by atoms with van der Waals surface area (Å²) < 4.78 is 18.9. The molecule has 8 heteroatoms. The second kappa shape index (κ2) is 6.59. The van der Waals surface area contributed by atoms with E-state index in [2.05, 4.69) is 0 Å². The van der Waals surface area contributed by atoms with Crippen LogP contribution in [0.2, 0.25) is 0 Å². The highest BCUT2D eigenvalue weighted by molar-refractivity contribution is 5.67. The van der Waals surface area contributed by atoms with Gasteiger partial charge in [-0.3, -0.25) is 19.8 Å². The molecule has 0 bridgehead atoms. The van der Waals surface area contributed by atoms with Crippen molar-refractivity contribution in [2.45, 2.75) is 19.1 Å². The number of rotatable bonds is 5. The first-order chi connectivity index (χ1) is 9.95. The number of ether oxygens (including phenoxy) is 1. The van der Waals surface area contributed by atoms with Crippen LogP contribution >= 0.6 is 0 Å². The number of benzene rings is 1. The van der Waals surface area contributed by atoms with Crippen LogP contribution in [0.15, 0.2) is 18.2 Å². The molecule has 2 rings (SSSR count). The maximum atomic E-state index is 13.5. The second-order valence-electron chi connectivity index (χ2n) is 4.87. The molecular weight excluding hydrogens is 283 g/mol. The Bertz CT molecular complexity index is 551. The minimum absolute atomic E-state index is 0.0783. The minimum Gasteiger partial charge on any atom is -0.481 e. The normalized spacial score (nSPS) is 19.4. The Morgan fingerprint density at radius 1 is 1.57 bits per heavy atom. The molecule has 1 aromatic carbocycles. The molecule has 0 radical (unpaired) electrons. The summed E-state index contributed by atoms with van der Waals surface area (Å²) in [4.78, 5) is 22.4. The molecule has 0 aliphatic carbocycles. The number of nitrogens with zero attached hydrogens (tertiary/aromatic N) is 2. The standard InChI is InChI=1S/C13H15FN2O5/c14-11-5-9(1-2-12(11)16(19)20)7-15-3-4-21-10(8-15)6-13(17)18/h1-2,5,10H,3-4,6-8H2,(H,17,18). The van der Waals surface area contributed by atoms with Crippen LogP contribution in [0.1, 0.15) is 12.0 Å². The van der Waals surface area contributed by atoms with Gasteiger partial charge in [0.05, 0.1) is 24.1 Å². The highest BCUT2D eigenvalue weighted by atomic mass is 19.1. The van der Waals surface area contributed by atoms with E-state index in [4.69, 9.17) is 9.84 Å². The molecule has 1 aromatic rings. The van der Waals surface area contributed by atoms with E-state index in [9.17, 15) is 19.3 Å². The van der Waals surface area contributed by atoms with Gasteiger partial charge in [-0.2, -0.15) is 4.39 Å². The van der Waals surface area contributed by atoms with Gasteiger partial charge in [0, 0.05) is 25.7 Å². The van der Waals surface area contributed by atoms with Crippen LogP contribution < -0.4 is 0 Å². The molecule has 1 atom stereocenters. The van der Waals surface area contributed by atoms with E-state index in [0.29, 0.717) is 31.8 Å². The van der Waals surface area contributed by atoms with Crippen LogP contribution in [0, 0.1) is 15.9 Å². The van der Waals surface area contributed by atoms with Crippen molar-refractivity contribution in [2.24, 2.45) is 0 Å². The number of aliphatic carboxylic acids is 1. The molecule has 1 unspecified atom stereocenters. The predicted molar refractivity (Wildman–Crippen MR) is 70.3 cm³/mol. The van der Waals surface area contributed by atoms with Crippen molar-refractivity contribution in [2.75, 3.05) is 19.7 Å². The van der Waals surface area contributed by atoms with Gasteiger partial charge < -0.3 is 9.84 Å². The fourth-order valence-electron chi connectivity index (χ4n) is 2.30. The molecule has 1 fully saturated rings. The van der Waals surface area contributed by atoms with Gasteiger partial charge in [-0.05, 0) is 11.6 Å². The van der Waals surface area contributed by atoms with Crippen molar-refractivity contribution in [1.29, 1.82) is 0 Å². The SMILES string of the molecule is O=C(O)CC1CN(Cc2ccc([N+](=O)[O-])c(F)c2)CCO1. The summed E-state index contributed by atoms with van der Waals surface area (Å²) >= 11 is 0. The monoisotopic (exact) mass is 298 g/mol. The molecule has 1 aliphatic heterocycles. The average molecular weight is 298 g/mol. The fraction of sp³-hybridized carbons (Fsp3) is 0.462. The molecule has 0 amide bonds. The van der Waals surface area contributed by atoms with Crippen LogP contribution in [0.3, 0.4) is 0 Å². The summed E-state index contributed by atoms with van der Waals surface area (Å²) in [5, 5.41) is 19.3. The van der Waals surface area contributed by atoms with Crippen LogP contribution in [-0.4, -0.2) is 46.7 Å². The zero-order chi connectivity index (χ0) is 15.4. The number of nitro benzene ring substituents is 1. The van der Waals surface area contributed by atoms with Crippen LogP contribution in [0.4, 0.5) is 10.1 Å². The number of hydrogen-bond acceptors (Lipinski definition) is 5. The Hall–Kier alpha value is -2.06. The lowest BCUT2D eigenvalue weighted by molar-refractivity contribution is -0.387. The van der Waals surface area contributed by atoms with E-state index in [1.54, 1.807) is 0 Å². The third kappa shape index (κ3) is 4.20. The Balaban J connectivity index is 1.99. The summed E-state index contributed by atoms with van der Waals surface area (Å²) in [6.07, 6.45) is -0.468.